The number of aromatic amines is 1. The van der Waals surface area contributed by atoms with Crippen molar-refractivity contribution in [3.05, 3.63) is 23.7 Å². The molecule has 1 amide bonds. The number of hydrogen-bond acceptors (Lipinski definition) is 4. The molecule has 0 bridgehead atoms. The summed E-state index contributed by atoms with van der Waals surface area (Å²) >= 11 is 0. The Labute approximate surface area is 104 Å². The lowest BCUT2D eigenvalue weighted by Crippen LogP contribution is -2.19. The van der Waals surface area contributed by atoms with Crippen LogP contribution in [-0.4, -0.2) is 25.9 Å². The summed E-state index contributed by atoms with van der Waals surface area (Å²) in [6.07, 6.45) is 2.30. The molecule has 0 aliphatic heterocycles. The fourth-order valence-electron chi connectivity index (χ4n) is 1.67. The van der Waals surface area contributed by atoms with Gasteiger partial charge in [0.1, 0.15) is 5.69 Å². The smallest absolute Gasteiger partial charge is 0.277 e. The lowest BCUT2D eigenvalue weighted by Gasteiger charge is -2.05. The first-order valence-electron chi connectivity index (χ1n) is 5.82. The molecule has 4 N–H and O–H groups in total. The molecule has 7 heteroatoms. The van der Waals surface area contributed by atoms with E-state index in [1.54, 1.807) is 10.7 Å². The van der Waals surface area contributed by atoms with Gasteiger partial charge in [-0.2, -0.15) is 10.2 Å². The number of aromatic nitrogens is 4. The van der Waals surface area contributed by atoms with Gasteiger partial charge in [0.15, 0.2) is 5.82 Å². The van der Waals surface area contributed by atoms with Gasteiger partial charge in [-0.05, 0) is 13.3 Å². The van der Waals surface area contributed by atoms with Gasteiger partial charge in [0, 0.05) is 18.3 Å². The first-order chi connectivity index (χ1) is 8.65. The Morgan fingerprint density at radius 1 is 1.56 bits per heavy atom. The number of carbonyl (C=O) groups is 1. The van der Waals surface area contributed by atoms with Gasteiger partial charge in [0.25, 0.3) is 5.91 Å². The van der Waals surface area contributed by atoms with Crippen LogP contribution in [0.5, 0.6) is 0 Å². The average molecular weight is 248 g/mol. The molecule has 18 heavy (non-hydrogen) atoms. The van der Waals surface area contributed by atoms with Crippen molar-refractivity contribution < 1.29 is 4.79 Å². The molecule has 96 valence electrons. The molecule has 2 aromatic heterocycles. The lowest BCUT2D eigenvalue weighted by molar-refractivity contribution is 0.101. The number of nitrogen functional groups attached to an aromatic ring is 1. The molecular formula is C11H16N6O. The van der Waals surface area contributed by atoms with Crippen molar-refractivity contribution in [1.29, 1.82) is 0 Å². The number of nitrogens with zero attached hydrogens (tertiary/aromatic N) is 3. The highest BCUT2D eigenvalue weighted by Gasteiger charge is 2.17. The zero-order valence-corrected chi connectivity index (χ0v) is 10.4. The molecule has 0 radical (unpaired) electrons. The SMILES string of the molecule is CCc1cc(NC(=O)c2c(N)cnn2CC)n[nH]1. The normalized spacial score (nSPS) is 10.6. The van der Waals surface area contributed by atoms with Gasteiger partial charge in [-0.25, -0.2) is 0 Å². The number of rotatable bonds is 4. The van der Waals surface area contributed by atoms with Crippen molar-refractivity contribution in [3.63, 3.8) is 0 Å². The maximum Gasteiger partial charge on any atom is 0.277 e. The van der Waals surface area contributed by atoms with E-state index in [1.165, 1.54) is 6.20 Å². The first kappa shape index (κ1) is 12.2. The van der Waals surface area contributed by atoms with Crippen molar-refractivity contribution in [2.75, 3.05) is 11.1 Å². The van der Waals surface area contributed by atoms with Crippen LogP contribution in [0.3, 0.4) is 0 Å². The molecule has 0 aliphatic carbocycles. The van der Waals surface area contributed by atoms with E-state index in [2.05, 4.69) is 20.6 Å². The number of nitrogens with two attached hydrogens (primary N) is 1. The second kappa shape index (κ2) is 4.91. The number of aryl methyl sites for hydroxylation is 2. The monoisotopic (exact) mass is 248 g/mol. The maximum absolute atomic E-state index is 12.1. The Balaban J connectivity index is 2.18. The number of nitrogens with one attached hydrogen (secondary N) is 2. The van der Waals surface area contributed by atoms with Gasteiger partial charge in [0.05, 0.1) is 11.9 Å². The Hall–Kier alpha value is -2.31. The standard InChI is InChI=1S/C11H16N6O/c1-3-7-5-9(16-15-7)14-11(18)10-8(12)6-13-17(10)4-2/h5-6H,3-4,12H2,1-2H3,(H2,14,15,16,18). The van der Waals surface area contributed by atoms with E-state index in [9.17, 15) is 4.79 Å². The predicted molar refractivity (Wildman–Crippen MR) is 68.2 cm³/mol. The lowest BCUT2D eigenvalue weighted by atomic mass is 10.3. The molecule has 0 atom stereocenters. The second-order valence-corrected chi connectivity index (χ2v) is 3.85. The second-order valence-electron chi connectivity index (χ2n) is 3.85. The van der Waals surface area contributed by atoms with E-state index in [0.717, 1.165) is 12.1 Å². The maximum atomic E-state index is 12.1. The quantitative estimate of drug-likeness (QED) is 0.751. The minimum Gasteiger partial charge on any atom is -0.396 e. The summed E-state index contributed by atoms with van der Waals surface area (Å²) in [7, 11) is 0. The van der Waals surface area contributed by atoms with Crippen LogP contribution in [-0.2, 0) is 13.0 Å². The molecule has 0 fully saturated rings. The summed E-state index contributed by atoms with van der Waals surface area (Å²) in [6.45, 7) is 4.48. The van der Waals surface area contributed by atoms with Crippen LogP contribution >= 0.6 is 0 Å². The zero-order valence-electron chi connectivity index (χ0n) is 10.4. The van der Waals surface area contributed by atoms with E-state index in [-0.39, 0.29) is 5.91 Å². The molecule has 2 rings (SSSR count). The summed E-state index contributed by atoms with van der Waals surface area (Å²) in [5.74, 6) is 0.182. The summed E-state index contributed by atoms with van der Waals surface area (Å²) in [5.41, 5.74) is 7.41. The van der Waals surface area contributed by atoms with Gasteiger partial charge in [-0.15, -0.1) is 0 Å². The van der Waals surface area contributed by atoms with Gasteiger partial charge >= 0.3 is 0 Å². The van der Waals surface area contributed by atoms with Crippen molar-refractivity contribution in [1.82, 2.24) is 20.0 Å². The number of carbonyl (C=O) groups excluding carboxylic acids is 1. The van der Waals surface area contributed by atoms with Crippen LogP contribution < -0.4 is 11.1 Å². The minimum absolute atomic E-state index is 0.305. The molecule has 2 heterocycles. The summed E-state index contributed by atoms with van der Waals surface area (Å²) < 4.78 is 1.55. The van der Waals surface area contributed by atoms with E-state index in [0.29, 0.717) is 23.7 Å². The molecular weight excluding hydrogens is 232 g/mol. The van der Waals surface area contributed by atoms with Crippen LogP contribution in [0.25, 0.3) is 0 Å². The van der Waals surface area contributed by atoms with E-state index < -0.39 is 0 Å². The van der Waals surface area contributed by atoms with Gasteiger partial charge in [0.2, 0.25) is 0 Å². The molecule has 0 aromatic carbocycles. The third-order valence-corrected chi connectivity index (χ3v) is 2.64. The highest BCUT2D eigenvalue weighted by atomic mass is 16.2. The molecule has 2 aromatic rings. The van der Waals surface area contributed by atoms with E-state index in [1.807, 2.05) is 13.8 Å². The molecule has 7 nitrogen and oxygen atoms in total. The molecule has 0 spiro atoms. The predicted octanol–water partition coefficient (Wildman–Crippen LogP) is 1.02. The molecule has 0 saturated heterocycles. The van der Waals surface area contributed by atoms with Crippen LogP contribution in [0.2, 0.25) is 0 Å². The molecule has 0 unspecified atom stereocenters. The van der Waals surface area contributed by atoms with Crippen molar-refractivity contribution in [2.45, 2.75) is 26.8 Å². The fourth-order valence-corrected chi connectivity index (χ4v) is 1.67. The van der Waals surface area contributed by atoms with Crippen molar-refractivity contribution >= 4 is 17.4 Å². The highest BCUT2D eigenvalue weighted by molar-refractivity contribution is 6.05. The highest BCUT2D eigenvalue weighted by Crippen LogP contribution is 2.13. The van der Waals surface area contributed by atoms with Crippen LogP contribution in [0.15, 0.2) is 12.3 Å². The van der Waals surface area contributed by atoms with E-state index >= 15 is 0 Å². The number of H-pyrrole nitrogens is 1. The molecule has 0 aliphatic rings. The zero-order chi connectivity index (χ0) is 13.1. The Kier molecular flexibility index (Phi) is 3.31. The summed E-state index contributed by atoms with van der Waals surface area (Å²) in [4.78, 5) is 12.1. The Morgan fingerprint density at radius 3 is 2.94 bits per heavy atom. The average Bonchev–Trinajstić information content (AvgIpc) is 2.95. The van der Waals surface area contributed by atoms with Crippen molar-refractivity contribution in [3.8, 4) is 0 Å². The Morgan fingerprint density at radius 2 is 2.33 bits per heavy atom. The number of anilines is 2. The van der Waals surface area contributed by atoms with E-state index in [4.69, 9.17) is 5.73 Å². The van der Waals surface area contributed by atoms with Crippen LogP contribution in [0.1, 0.15) is 30.0 Å². The van der Waals surface area contributed by atoms with Crippen LogP contribution in [0, 0.1) is 0 Å². The summed E-state index contributed by atoms with van der Waals surface area (Å²) in [5, 5.41) is 13.5. The number of hydrogen-bond donors (Lipinski definition) is 3. The third-order valence-electron chi connectivity index (χ3n) is 2.64. The third kappa shape index (κ3) is 2.20. The van der Waals surface area contributed by atoms with Crippen LogP contribution in [0.4, 0.5) is 11.5 Å². The van der Waals surface area contributed by atoms with Gasteiger partial charge in [-0.3, -0.25) is 14.6 Å². The molecule has 0 saturated carbocycles. The number of amides is 1. The van der Waals surface area contributed by atoms with Gasteiger partial charge < -0.3 is 11.1 Å². The van der Waals surface area contributed by atoms with Crippen molar-refractivity contribution in [2.24, 2.45) is 0 Å². The fraction of sp³-hybridized carbons (Fsp3) is 0.364. The summed E-state index contributed by atoms with van der Waals surface area (Å²) in [6, 6.07) is 1.79. The first-order valence-corrected chi connectivity index (χ1v) is 5.82. The minimum atomic E-state index is -0.305. The Bertz CT molecular complexity index is 556. The van der Waals surface area contributed by atoms with Gasteiger partial charge in [-0.1, -0.05) is 6.92 Å². The largest absolute Gasteiger partial charge is 0.396 e. The topological polar surface area (TPSA) is 102 Å².